The van der Waals surface area contributed by atoms with Crippen LogP contribution in [-0.4, -0.2) is 79.2 Å². The Balaban J connectivity index is 0.00000241. The van der Waals surface area contributed by atoms with Crippen molar-refractivity contribution in [2.24, 2.45) is 5.92 Å². The Bertz CT molecular complexity index is 946. The van der Waals surface area contributed by atoms with Crippen molar-refractivity contribution in [2.45, 2.75) is 32.6 Å². The first-order chi connectivity index (χ1) is 17.1. The second-order valence-corrected chi connectivity index (χ2v) is 9.39. The van der Waals surface area contributed by atoms with Crippen molar-refractivity contribution in [1.82, 2.24) is 14.9 Å². The number of piperazine rings is 1. The zero-order chi connectivity index (χ0) is 24.5. The van der Waals surface area contributed by atoms with Gasteiger partial charge >= 0.3 is 5.97 Å². The van der Waals surface area contributed by atoms with Crippen molar-refractivity contribution < 1.29 is 14.3 Å². The number of amides is 1. The maximum Gasteiger partial charge on any atom is 0.307 e. The molecule has 204 valence electrons. The van der Waals surface area contributed by atoms with E-state index < -0.39 is 0 Å². The van der Waals surface area contributed by atoms with Gasteiger partial charge in [0.1, 0.15) is 0 Å². The summed E-state index contributed by atoms with van der Waals surface area (Å²) < 4.78 is 4.93. The smallest absolute Gasteiger partial charge is 0.307 e. The minimum Gasteiger partial charge on any atom is -0.466 e. The third-order valence-corrected chi connectivity index (χ3v) is 7.00. The van der Waals surface area contributed by atoms with Crippen molar-refractivity contribution in [2.75, 3.05) is 57.7 Å². The topological polar surface area (TPSA) is 65.1 Å². The summed E-state index contributed by atoms with van der Waals surface area (Å²) in [6, 6.07) is 18.3. The molecule has 2 fully saturated rings. The number of nitrogens with one attached hydrogen (secondary N) is 1. The molecule has 4 rings (SSSR count). The quantitative estimate of drug-likeness (QED) is 0.463. The molecule has 37 heavy (non-hydrogen) atoms. The van der Waals surface area contributed by atoms with E-state index in [9.17, 15) is 9.59 Å². The molecule has 0 radical (unpaired) electrons. The maximum absolute atomic E-state index is 13.0. The number of anilines is 1. The number of carbonyl (C=O) groups is 2. The molecule has 0 bridgehead atoms. The van der Waals surface area contributed by atoms with Crippen LogP contribution in [0.2, 0.25) is 0 Å². The van der Waals surface area contributed by atoms with E-state index in [-0.39, 0.29) is 36.7 Å². The van der Waals surface area contributed by atoms with Crippen molar-refractivity contribution in [3.05, 3.63) is 65.7 Å². The van der Waals surface area contributed by atoms with Gasteiger partial charge in [0, 0.05) is 57.1 Å². The van der Waals surface area contributed by atoms with E-state index in [0.717, 1.165) is 50.9 Å². The van der Waals surface area contributed by atoms with Gasteiger partial charge in [-0.3, -0.25) is 9.59 Å². The lowest BCUT2D eigenvalue weighted by Gasteiger charge is -2.44. The van der Waals surface area contributed by atoms with Crippen LogP contribution in [0.4, 0.5) is 5.69 Å². The summed E-state index contributed by atoms with van der Waals surface area (Å²) in [4.78, 5) is 26.4. The number of esters is 1. The van der Waals surface area contributed by atoms with E-state index in [1.807, 2.05) is 29.2 Å². The highest BCUT2D eigenvalue weighted by molar-refractivity contribution is 5.94. The molecule has 2 saturated heterocycles. The predicted octanol–water partition coefficient (Wildman–Crippen LogP) is 4.52. The Labute approximate surface area is 233 Å². The number of hydrogen-bond acceptors (Lipinski definition) is 6. The van der Waals surface area contributed by atoms with Gasteiger partial charge in [-0.15, -0.1) is 24.8 Å². The lowest BCUT2D eigenvalue weighted by atomic mass is 9.91. The molecule has 2 aliphatic heterocycles. The average molecular weight is 552 g/mol. The molecule has 0 aliphatic carbocycles. The fraction of sp³-hybridized carbons (Fsp3) is 0.500. The zero-order valence-corrected chi connectivity index (χ0v) is 23.3. The minimum atomic E-state index is -0.206. The normalized spacial score (nSPS) is 16.8. The number of carbonyl (C=O) groups excluding carboxylic acids is 2. The first kappa shape index (κ1) is 30.9. The van der Waals surface area contributed by atoms with E-state index in [1.165, 1.54) is 24.8 Å². The van der Waals surface area contributed by atoms with E-state index in [0.29, 0.717) is 25.1 Å². The molecule has 2 aromatic carbocycles. The number of halogens is 2. The van der Waals surface area contributed by atoms with Crippen LogP contribution in [0, 0.1) is 5.92 Å². The Morgan fingerprint density at radius 3 is 2.11 bits per heavy atom. The van der Waals surface area contributed by atoms with Gasteiger partial charge < -0.3 is 15.0 Å². The van der Waals surface area contributed by atoms with Gasteiger partial charge in [0.2, 0.25) is 0 Å². The molecule has 0 saturated carbocycles. The Hall–Kier alpha value is -2.32. The summed E-state index contributed by atoms with van der Waals surface area (Å²) in [5.41, 5.74) is 3.04. The van der Waals surface area contributed by atoms with Gasteiger partial charge in [0.05, 0.1) is 13.0 Å². The molecule has 0 aromatic heterocycles. The van der Waals surface area contributed by atoms with Crippen LogP contribution in [0.5, 0.6) is 0 Å². The van der Waals surface area contributed by atoms with E-state index >= 15 is 0 Å². The number of benzene rings is 2. The minimum absolute atomic E-state index is 0. The summed E-state index contributed by atoms with van der Waals surface area (Å²) in [5.74, 6) is 0.644. The molecule has 1 N–H and O–H groups in total. The second kappa shape index (κ2) is 15.8. The molecule has 0 spiro atoms. The van der Waals surface area contributed by atoms with Gasteiger partial charge in [-0.05, 0) is 61.9 Å². The number of nitrogens with zero attached hydrogens (tertiary/aromatic N) is 3. The summed E-state index contributed by atoms with van der Waals surface area (Å²) in [7, 11) is 0. The zero-order valence-electron chi connectivity index (χ0n) is 21.6. The summed E-state index contributed by atoms with van der Waals surface area (Å²) in [6.07, 6.45) is 3.96. The number of hydrazine groups is 1. The summed E-state index contributed by atoms with van der Waals surface area (Å²) in [5, 5.41) is 8.14. The van der Waals surface area contributed by atoms with Gasteiger partial charge in [0.25, 0.3) is 5.91 Å². The van der Waals surface area contributed by atoms with Crippen LogP contribution in [0.25, 0.3) is 0 Å². The van der Waals surface area contributed by atoms with E-state index in [4.69, 9.17) is 4.74 Å². The fourth-order valence-corrected chi connectivity index (χ4v) is 4.99. The summed E-state index contributed by atoms with van der Waals surface area (Å²) in [6.45, 7) is 8.22. The molecule has 2 aliphatic rings. The van der Waals surface area contributed by atoms with Gasteiger partial charge in [-0.25, -0.2) is 10.0 Å². The van der Waals surface area contributed by atoms with Gasteiger partial charge in [0.15, 0.2) is 0 Å². The standard InChI is InChI=1S/C28H38N4O3.2ClH/c1-2-35-27(33)12-15-29-26-10-8-25(9-11-26)28(34)30-18-20-32(21-19-30)31-16-13-24(14-17-31)22-23-6-4-3-5-7-23;;/h3-11,24,29H,2,12-22H2,1H3;2*1H. The molecule has 0 atom stereocenters. The largest absolute Gasteiger partial charge is 0.466 e. The third kappa shape index (κ3) is 9.18. The van der Waals surface area contributed by atoms with Crippen LogP contribution in [0.15, 0.2) is 54.6 Å². The second-order valence-electron chi connectivity index (χ2n) is 9.39. The highest BCUT2D eigenvalue weighted by Gasteiger charge is 2.28. The molecule has 2 heterocycles. The Kier molecular flexibility index (Phi) is 13.2. The Morgan fingerprint density at radius 1 is 0.865 bits per heavy atom. The number of rotatable bonds is 9. The highest BCUT2D eigenvalue weighted by Crippen LogP contribution is 2.23. The van der Waals surface area contributed by atoms with Crippen molar-refractivity contribution >= 4 is 42.4 Å². The van der Waals surface area contributed by atoms with Crippen molar-refractivity contribution in [3.8, 4) is 0 Å². The summed E-state index contributed by atoms with van der Waals surface area (Å²) >= 11 is 0. The molecular weight excluding hydrogens is 511 g/mol. The lowest BCUT2D eigenvalue weighted by Crippen LogP contribution is -2.56. The maximum atomic E-state index is 13.0. The molecule has 1 amide bonds. The van der Waals surface area contributed by atoms with Gasteiger partial charge in [-0.2, -0.15) is 0 Å². The first-order valence-electron chi connectivity index (χ1n) is 12.9. The SMILES string of the molecule is CCOC(=O)CCNc1ccc(C(=O)N2CCN(N3CCC(Cc4ccccc4)CC3)CC2)cc1.Cl.Cl. The molecule has 7 nitrogen and oxygen atoms in total. The molecule has 9 heteroatoms. The molecular formula is C28H40Cl2N4O3. The van der Waals surface area contributed by atoms with Crippen LogP contribution in [0.3, 0.4) is 0 Å². The average Bonchev–Trinajstić information content (AvgIpc) is 2.90. The van der Waals surface area contributed by atoms with Crippen LogP contribution in [-0.2, 0) is 16.0 Å². The van der Waals surface area contributed by atoms with E-state index in [2.05, 4.69) is 45.7 Å². The lowest BCUT2D eigenvalue weighted by molar-refractivity contribution is -0.142. The van der Waals surface area contributed by atoms with Crippen molar-refractivity contribution in [1.29, 1.82) is 0 Å². The van der Waals surface area contributed by atoms with Crippen molar-refractivity contribution in [3.63, 3.8) is 0 Å². The Morgan fingerprint density at radius 2 is 1.49 bits per heavy atom. The molecule has 0 unspecified atom stereocenters. The van der Waals surface area contributed by atoms with Crippen LogP contribution in [0.1, 0.15) is 42.1 Å². The van der Waals surface area contributed by atoms with E-state index in [1.54, 1.807) is 6.92 Å². The molecule has 2 aromatic rings. The number of hydrogen-bond donors (Lipinski definition) is 1. The number of ether oxygens (including phenoxy) is 1. The fourth-order valence-electron chi connectivity index (χ4n) is 4.99. The third-order valence-electron chi connectivity index (χ3n) is 7.00. The van der Waals surface area contributed by atoms with Crippen LogP contribution < -0.4 is 5.32 Å². The number of piperidine rings is 1. The van der Waals surface area contributed by atoms with Gasteiger partial charge in [-0.1, -0.05) is 30.3 Å². The van der Waals surface area contributed by atoms with Crippen LogP contribution >= 0.6 is 24.8 Å². The predicted molar refractivity (Wildman–Crippen MR) is 153 cm³/mol. The highest BCUT2D eigenvalue weighted by atomic mass is 35.5. The first-order valence-corrected chi connectivity index (χ1v) is 12.9. The monoisotopic (exact) mass is 550 g/mol.